The maximum atomic E-state index is 12.1. The van der Waals surface area contributed by atoms with Crippen LogP contribution in [0.1, 0.15) is 28.8 Å². The molecule has 1 fully saturated rings. The van der Waals surface area contributed by atoms with Crippen LogP contribution in [0.2, 0.25) is 0 Å². The SMILES string of the molecule is COc1cc(CNC(=O)c2ccc[nH]c2=O)ccc1OC[C@H]1CCCO1. The highest BCUT2D eigenvalue weighted by atomic mass is 16.5. The first-order chi connectivity index (χ1) is 12.7. The van der Waals surface area contributed by atoms with Gasteiger partial charge in [0.1, 0.15) is 12.2 Å². The van der Waals surface area contributed by atoms with Crippen LogP contribution in [0.3, 0.4) is 0 Å². The molecule has 2 heterocycles. The van der Waals surface area contributed by atoms with Gasteiger partial charge in [0, 0.05) is 19.3 Å². The lowest BCUT2D eigenvalue weighted by Gasteiger charge is -2.15. The Morgan fingerprint density at radius 3 is 2.96 bits per heavy atom. The number of aromatic nitrogens is 1. The molecule has 1 aromatic carbocycles. The quantitative estimate of drug-likeness (QED) is 0.789. The van der Waals surface area contributed by atoms with Crippen molar-refractivity contribution in [3.8, 4) is 11.5 Å². The van der Waals surface area contributed by atoms with Gasteiger partial charge in [0.25, 0.3) is 11.5 Å². The van der Waals surface area contributed by atoms with Crippen molar-refractivity contribution in [3.05, 3.63) is 58.0 Å². The number of hydrogen-bond acceptors (Lipinski definition) is 5. The number of rotatable bonds is 7. The van der Waals surface area contributed by atoms with Crippen LogP contribution >= 0.6 is 0 Å². The van der Waals surface area contributed by atoms with Gasteiger partial charge in [-0.05, 0) is 42.7 Å². The Morgan fingerprint density at radius 2 is 2.23 bits per heavy atom. The van der Waals surface area contributed by atoms with Crippen molar-refractivity contribution in [1.29, 1.82) is 0 Å². The fraction of sp³-hybridized carbons (Fsp3) is 0.368. The summed E-state index contributed by atoms with van der Waals surface area (Å²) in [5, 5.41) is 2.73. The highest BCUT2D eigenvalue weighted by Gasteiger charge is 2.17. The van der Waals surface area contributed by atoms with Crippen molar-refractivity contribution in [1.82, 2.24) is 10.3 Å². The van der Waals surface area contributed by atoms with Gasteiger partial charge < -0.3 is 24.5 Å². The molecule has 138 valence electrons. The van der Waals surface area contributed by atoms with Gasteiger partial charge in [-0.3, -0.25) is 9.59 Å². The summed E-state index contributed by atoms with van der Waals surface area (Å²) in [6, 6.07) is 8.56. The van der Waals surface area contributed by atoms with E-state index in [2.05, 4.69) is 10.3 Å². The van der Waals surface area contributed by atoms with Crippen molar-refractivity contribution in [2.45, 2.75) is 25.5 Å². The average Bonchev–Trinajstić information content (AvgIpc) is 3.18. The molecule has 1 aliphatic heterocycles. The van der Waals surface area contributed by atoms with Crippen LogP contribution in [-0.2, 0) is 11.3 Å². The van der Waals surface area contributed by atoms with E-state index in [-0.39, 0.29) is 18.2 Å². The van der Waals surface area contributed by atoms with E-state index < -0.39 is 11.5 Å². The Kier molecular flexibility index (Phi) is 5.91. The Labute approximate surface area is 151 Å². The van der Waals surface area contributed by atoms with Crippen molar-refractivity contribution in [2.75, 3.05) is 20.3 Å². The van der Waals surface area contributed by atoms with E-state index in [0.717, 1.165) is 25.0 Å². The number of aromatic amines is 1. The lowest BCUT2D eigenvalue weighted by Crippen LogP contribution is -2.28. The highest BCUT2D eigenvalue weighted by Crippen LogP contribution is 2.29. The van der Waals surface area contributed by atoms with Gasteiger partial charge in [-0.2, -0.15) is 0 Å². The summed E-state index contributed by atoms with van der Waals surface area (Å²) in [5.74, 6) is 0.800. The number of H-pyrrole nitrogens is 1. The second-order valence-electron chi connectivity index (χ2n) is 6.03. The molecule has 0 aliphatic carbocycles. The molecule has 26 heavy (non-hydrogen) atoms. The summed E-state index contributed by atoms with van der Waals surface area (Å²) in [4.78, 5) is 26.2. The third-order valence-corrected chi connectivity index (χ3v) is 4.19. The first-order valence-electron chi connectivity index (χ1n) is 8.54. The minimum Gasteiger partial charge on any atom is -0.493 e. The zero-order chi connectivity index (χ0) is 18.4. The van der Waals surface area contributed by atoms with Gasteiger partial charge in [0.05, 0.1) is 13.2 Å². The van der Waals surface area contributed by atoms with Crippen LogP contribution in [0.5, 0.6) is 11.5 Å². The molecule has 0 bridgehead atoms. The lowest BCUT2D eigenvalue weighted by molar-refractivity contribution is 0.0669. The number of amides is 1. The molecule has 1 aliphatic rings. The van der Waals surface area contributed by atoms with E-state index >= 15 is 0 Å². The molecule has 2 aromatic rings. The molecule has 1 saturated heterocycles. The molecule has 7 nitrogen and oxygen atoms in total. The number of ether oxygens (including phenoxy) is 3. The van der Waals surface area contributed by atoms with Crippen LogP contribution in [0, 0.1) is 0 Å². The number of pyridine rings is 1. The standard InChI is InChI=1S/C19H22N2O5/c1-24-17-10-13(6-7-16(17)26-12-14-4-3-9-25-14)11-21-19(23)15-5-2-8-20-18(15)22/h2,5-8,10,14H,3-4,9,11-12H2,1H3,(H,20,22)(H,21,23)/t14-/m1/s1. The van der Waals surface area contributed by atoms with E-state index in [1.54, 1.807) is 19.2 Å². The largest absolute Gasteiger partial charge is 0.493 e. The monoisotopic (exact) mass is 358 g/mol. The van der Waals surface area contributed by atoms with Gasteiger partial charge in [-0.25, -0.2) is 0 Å². The molecule has 0 spiro atoms. The predicted molar refractivity (Wildman–Crippen MR) is 95.7 cm³/mol. The Hall–Kier alpha value is -2.80. The van der Waals surface area contributed by atoms with Gasteiger partial charge in [0.2, 0.25) is 0 Å². The fourth-order valence-electron chi connectivity index (χ4n) is 2.78. The molecule has 1 atom stereocenters. The molecule has 2 N–H and O–H groups in total. The van der Waals surface area contributed by atoms with Crippen molar-refractivity contribution >= 4 is 5.91 Å². The minimum absolute atomic E-state index is 0.0796. The third-order valence-electron chi connectivity index (χ3n) is 4.19. The topological polar surface area (TPSA) is 89.7 Å². The van der Waals surface area contributed by atoms with E-state index in [1.807, 2.05) is 12.1 Å². The fourth-order valence-corrected chi connectivity index (χ4v) is 2.78. The van der Waals surface area contributed by atoms with Crippen LogP contribution < -0.4 is 20.3 Å². The maximum absolute atomic E-state index is 12.1. The first-order valence-corrected chi connectivity index (χ1v) is 8.54. The minimum atomic E-state index is -0.426. The van der Waals surface area contributed by atoms with Crippen LogP contribution in [0.25, 0.3) is 0 Å². The van der Waals surface area contributed by atoms with Gasteiger partial charge in [-0.1, -0.05) is 6.07 Å². The summed E-state index contributed by atoms with van der Waals surface area (Å²) < 4.78 is 16.7. The normalized spacial score (nSPS) is 16.3. The molecule has 7 heteroatoms. The molecule has 1 aromatic heterocycles. The summed E-state index contributed by atoms with van der Waals surface area (Å²) in [6.45, 7) is 1.55. The Morgan fingerprint density at radius 1 is 1.35 bits per heavy atom. The van der Waals surface area contributed by atoms with Crippen LogP contribution in [0.15, 0.2) is 41.3 Å². The predicted octanol–water partition coefficient (Wildman–Crippen LogP) is 1.87. The van der Waals surface area contributed by atoms with E-state index in [9.17, 15) is 9.59 Å². The van der Waals surface area contributed by atoms with Crippen molar-refractivity contribution in [3.63, 3.8) is 0 Å². The van der Waals surface area contributed by atoms with Crippen molar-refractivity contribution in [2.24, 2.45) is 0 Å². The zero-order valence-electron chi connectivity index (χ0n) is 14.6. The number of benzene rings is 1. The number of nitrogens with one attached hydrogen (secondary N) is 2. The maximum Gasteiger partial charge on any atom is 0.260 e. The van der Waals surface area contributed by atoms with E-state index in [1.165, 1.54) is 12.3 Å². The number of carbonyl (C=O) groups excluding carboxylic acids is 1. The second-order valence-corrected chi connectivity index (χ2v) is 6.03. The first kappa shape index (κ1) is 18.0. The molecule has 0 saturated carbocycles. The Balaban J connectivity index is 1.60. The summed E-state index contributed by atoms with van der Waals surface area (Å²) in [6.07, 6.45) is 3.68. The molecule has 1 amide bonds. The molecular weight excluding hydrogens is 336 g/mol. The molecule has 3 rings (SSSR count). The van der Waals surface area contributed by atoms with Crippen molar-refractivity contribution < 1.29 is 19.0 Å². The van der Waals surface area contributed by atoms with Gasteiger partial charge in [0.15, 0.2) is 11.5 Å². The molecule has 0 radical (unpaired) electrons. The van der Waals surface area contributed by atoms with E-state index in [0.29, 0.717) is 18.1 Å². The summed E-state index contributed by atoms with van der Waals surface area (Å²) in [5.41, 5.74) is 0.503. The van der Waals surface area contributed by atoms with Gasteiger partial charge in [-0.15, -0.1) is 0 Å². The smallest absolute Gasteiger partial charge is 0.260 e. The highest BCUT2D eigenvalue weighted by molar-refractivity contribution is 5.93. The third kappa shape index (κ3) is 4.43. The van der Waals surface area contributed by atoms with E-state index in [4.69, 9.17) is 14.2 Å². The zero-order valence-corrected chi connectivity index (χ0v) is 14.6. The van der Waals surface area contributed by atoms with Crippen LogP contribution in [0.4, 0.5) is 0 Å². The lowest BCUT2D eigenvalue weighted by atomic mass is 10.2. The van der Waals surface area contributed by atoms with Gasteiger partial charge >= 0.3 is 0 Å². The molecule has 0 unspecified atom stereocenters. The second kappa shape index (κ2) is 8.53. The van der Waals surface area contributed by atoms with Crippen LogP contribution in [-0.4, -0.2) is 37.3 Å². The summed E-state index contributed by atoms with van der Waals surface area (Å²) >= 11 is 0. The molecular formula is C19H22N2O5. The number of hydrogen-bond donors (Lipinski definition) is 2. The summed E-state index contributed by atoms with van der Waals surface area (Å²) in [7, 11) is 1.57. The number of methoxy groups -OCH3 is 1. The Bertz CT molecular complexity index is 812. The number of carbonyl (C=O) groups is 1. The average molecular weight is 358 g/mol.